The van der Waals surface area contributed by atoms with Gasteiger partial charge >= 0.3 is 0 Å². The molecule has 0 aromatic heterocycles. The first-order chi connectivity index (χ1) is 61.3. The zero-order valence-corrected chi connectivity index (χ0v) is 83.0. The van der Waals surface area contributed by atoms with E-state index in [4.69, 9.17) is 67.8 Å². The highest BCUT2D eigenvalue weighted by Crippen LogP contribution is 2.57. The number of benzene rings is 8. The third kappa shape index (κ3) is 36.7. The molecule has 0 spiro atoms. The molecule has 9 rings (SSSR count). The molecular formula is C100H132N12O8S8. The van der Waals surface area contributed by atoms with Crippen molar-refractivity contribution in [3.8, 4) is 23.0 Å². The Balaban J connectivity index is 1.07. The normalized spacial score (nSPS) is 12.0. The summed E-state index contributed by atoms with van der Waals surface area (Å²) in [6, 6.07) is 56.5. The second-order valence-corrected chi connectivity index (χ2v) is 41.8. The number of nitrogens with one attached hydrogen (secondary N) is 12. The van der Waals surface area contributed by atoms with Crippen LogP contribution in [0.3, 0.4) is 0 Å². The number of hydrogen-bond donors (Lipinski definition) is 12. The van der Waals surface area contributed by atoms with Gasteiger partial charge in [0.1, 0.15) is 23.0 Å². The Morgan fingerprint density at radius 2 is 0.398 bits per heavy atom. The lowest BCUT2D eigenvalue weighted by Crippen LogP contribution is -2.30. The van der Waals surface area contributed by atoms with Crippen LogP contribution >= 0.6 is 95.9 Å². The number of rotatable bonds is 44. The van der Waals surface area contributed by atoms with Crippen molar-refractivity contribution >= 4 is 163 Å². The zero-order chi connectivity index (χ0) is 91.9. The molecule has 4 amide bonds. The first-order valence-electron chi connectivity index (χ1n) is 44.7. The van der Waals surface area contributed by atoms with E-state index in [-0.39, 0.29) is 50.1 Å². The summed E-state index contributed by atoms with van der Waals surface area (Å²) in [6.45, 7) is 29.5. The highest BCUT2D eigenvalue weighted by atomic mass is 32.2. The van der Waals surface area contributed by atoms with Crippen molar-refractivity contribution < 1.29 is 38.1 Å². The smallest absolute Gasteiger partial charge is 0.257 e. The molecule has 0 aliphatic carbocycles. The lowest BCUT2D eigenvalue weighted by atomic mass is 9.87. The molecule has 28 heteroatoms. The van der Waals surface area contributed by atoms with E-state index in [2.05, 4.69) is 195 Å². The minimum atomic E-state index is -0.441. The van der Waals surface area contributed by atoms with E-state index in [9.17, 15) is 19.2 Å². The molecule has 0 atom stereocenters. The average Bonchev–Trinajstić information content (AvgIpc) is 0.748. The van der Waals surface area contributed by atoms with Crippen LogP contribution in [0.25, 0.3) is 0 Å². The Kier molecular flexibility index (Phi) is 42.3. The van der Waals surface area contributed by atoms with E-state index >= 15 is 0 Å². The Morgan fingerprint density at radius 3 is 0.555 bits per heavy atom. The lowest BCUT2D eigenvalue weighted by Gasteiger charge is -2.28. The van der Waals surface area contributed by atoms with Gasteiger partial charge < -0.3 is 82.7 Å². The van der Waals surface area contributed by atoms with Crippen molar-refractivity contribution in [1.82, 2.24) is 42.5 Å². The maximum Gasteiger partial charge on any atom is 0.257 e. The van der Waals surface area contributed by atoms with Crippen LogP contribution in [-0.2, 0) is 40.8 Å². The first-order valence-corrected chi connectivity index (χ1v) is 49.6. The third-order valence-corrected chi connectivity index (χ3v) is 26.0. The van der Waals surface area contributed by atoms with E-state index in [1.54, 1.807) is 0 Å². The molecule has 1 heterocycles. The van der Waals surface area contributed by atoms with Crippen LogP contribution in [0.2, 0.25) is 0 Å². The van der Waals surface area contributed by atoms with E-state index in [1.807, 2.05) is 121 Å². The minimum absolute atomic E-state index is 0.284. The van der Waals surface area contributed by atoms with Gasteiger partial charge in [0.15, 0.2) is 46.9 Å². The molecule has 12 N–H and O–H groups in total. The topological polar surface area (TPSA) is 250 Å². The van der Waals surface area contributed by atoms with Gasteiger partial charge in [-0.25, -0.2) is 0 Å². The number of hydrogen-bond acceptors (Lipinski definition) is 16. The van der Waals surface area contributed by atoms with E-state index in [0.717, 1.165) is 148 Å². The Bertz CT molecular complexity index is 4230. The summed E-state index contributed by atoms with van der Waals surface area (Å²) in [5.74, 6) is 0.657. The van der Waals surface area contributed by atoms with Crippen LogP contribution in [0.15, 0.2) is 209 Å². The molecular weight excluding hydrogens is 1750 g/mol. The Hall–Kier alpha value is -9.00. The summed E-state index contributed by atoms with van der Waals surface area (Å²) < 4.78 is 28.4. The van der Waals surface area contributed by atoms with Crippen LogP contribution in [0.5, 0.6) is 23.0 Å². The number of ether oxygens (including phenoxy) is 4. The minimum Gasteiger partial charge on any atom is -0.481 e. The standard InChI is InChI=1S/C100H132N12O8S8/c1-97(2,3)69-57-77-89(117-65-85(113)101-49-33-13-17-37-53-105-93(121)109-73-41-25-21-26-42-73)78(58-69)126-80-60-71(99(7,8)9)62-82(91(80)119-67-87(115)103-51-35-15-19-39-55-107-95(123)111-75-45-29-23-30-46-75)128-84-64-72(100(10,11)12)63-83(92(84)120-68-88(116)104-52-36-16-20-40-56-108-96(124)112-76-47-31-24-32-48-76)127-81-61-70(98(4,5)6)59-79(125-77)90(81)118-66-86(114)102-50-34-14-18-38-54-106-94(122)110-74-43-27-22-28-44-74/h21-32,41-48,57-64H,13-20,33-40,49-56,65-68H2,1-12H3,(H,101,113)(H,102,114)(H,103,115)(H,104,116)(H2,105,109,121)(H2,106,110,122)(H2,107,111,123)(H2,108,112,124). The number of para-hydroxylation sites is 4. The van der Waals surface area contributed by atoms with Gasteiger partial charge in [0.25, 0.3) is 23.6 Å². The third-order valence-electron chi connectivity index (χ3n) is 20.8. The molecule has 8 aromatic carbocycles. The fourth-order valence-corrected chi connectivity index (χ4v) is 19.0. The molecule has 688 valence electrons. The van der Waals surface area contributed by atoms with Gasteiger partial charge in [-0.3, -0.25) is 19.2 Å². The summed E-state index contributed by atoms with van der Waals surface area (Å²) in [7, 11) is 0. The summed E-state index contributed by atoms with van der Waals surface area (Å²) in [4.78, 5) is 63.5. The number of thiocarbonyl (C=S) groups is 4. The van der Waals surface area contributed by atoms with Crippen LogP contribution in [-0.4, -0.2) is 123 Å². The van der Waals surface area contributed by atoms with Gasteiger partial charge in [0.2, 0.25) is 0 Å². The summed E-state index contributed by atoms with van der Waals surface area (Å²) in [5.41, 5.74) is 5.87. The highest BCUT2D eigenvalue weighted by molar-refractivity contribution is 8.01. The quantitative estimate of drug-likeness (QED) is 0.0125. The molecule has 128 heavy (non-hydrogen) atoms. The largest absolute Gasteiger partial charge is 0.481 e. The van der Waals surface area contributed by atoms with Crippen molar-refractivity contribution in [3.63, 3.8) is 0 Å². The molecule has 8 aromatic rings. The summed E-state index contributed by atoms with van der Waals surface area (Å²) in [6.07, 6.45) is 14.0. The number of amides is 4. The van der Waals surface area contributed by atoms with Crippen LogP contribution < -0.4 is 82.7 Å². The molecule has 0 saturated heterocycles. The maximum atomic E-state index is 14.5. The van der Waals surface area contributed by atoms with Gasteiger partial charge in [0.05, 0.1) is 39.2 Å². The number of carbonyl (C=O) groups excluding carboxylic acids is 4. The number of anilines is 4. The van der Waals surface area contributed by atoms with Gasteiger partial charge in [-0.2, -0.15) is 0 Å². The monoisotopic (exact) mass is 1880 g/mol. The van der Waals surface area contributed by atoms with Crippen molar-refractivity contribution in [2.75, 3.05) is 100 Å². The second-order valence-electron chi connectivity index (χ2n) is 35.8. The first kappa shape index (κ1) is 103. The van der Waals surface area contributed by atoms with E-state index in [0.29, 0.717) is 135 Å². The molecule has 1 aliphatic rings. The molecule has 20 nitrogen and oxygen atoms in total. The molecule has 0 radical (unpaired) electrons. The van der Waals surface area contributed by atoms with Crippen molar-refractivity contribution in [1.29, 1.82) is 0 Å². The van der Waals surface area contributed by atoms with Crippen LogP contribution in [0, 0.1) is 0 Å². The summed E-state index contributed by atoms with van der Waals surface area (Å²) in [5, 5.41) is 41.2. The number of carbonyl (C=O) groups is 4. The van der Waals surface area contributed by atoms with Gasteiger partial charge in [0, 0.05) is 75.1 Å². The molecule has 0 saturated carbocycles. The Labute approximate surface area is 798 Å². The molecule has 0 unspecified atom stereocenters. The Morgan fingerprint density at radius 1 is 0.242 bits per heavy atom. The zero-order valence-electron chi connectivity index (χ0n) is 76.5. The number of unbranched alkanes of at least 4 members (excludes halogenated alkanes) is 12. The van der Waals surface area contributed by atoms with Crippen LogP contribution in [0.4, 0.5) is 22.7 Å². The van der Waals surface area contributed by atoms with Gasteiger partial charge in [-0.1, -0.05) is 254 Å². The fraction of sp³-hybridized carbons (Fsp3) is 0.440. The predicted octanol–water partition coefficient (Wildman–Crippen LogP) is 22.0. The highest BCUT2D eigenvalue weighted by Gasteiger charge is 2.32. The van der Waals surface area contributed by atoms with Gasteiger partial charge in [-0.15, -0.1) is 0 Å². The van der Waals surface area contributed by atoms with Crippen molar-refractivity contribution in [2.45, 2.75) is 247 Å². The maximum absolute atomic E-state index is 14.5. The van der Waals surface area contributed by atoms with Crippen molar-refractivity contribution in [3.05, 3.63) is 192 Å². The van der Waals surface area contributed by atoms with Crippen molar-refractivity contribution in [2.24, 2.45) is 0 Å². The lowest BCUT2D eigenvalue weighted by molar-refractivity contribution is -0.123. The second kappa shape index (κ2) is 52.7. The average molecular weight is 1890 g/mol. The molecule has 1 aliphatic heterocycles. The fourth-order valence-electron chi connectivity index (χ4n) is 13.4. The van der Waals surface area contributed by atoms with Crippen LogP contribution in [0.1, 0.15) is 208 Å². The number of fused-ring (bicyclic) bond motifs is 8. The molecule has 0 fully saturated rings. The van der Waals surface area contributed by atoms with E-state index < -0.39 is 21.7 Å². The van der Waals surface area contributed by atoms with E-state index in [1.165, 1.54) is 47.0 Å². The molecule has 8 bridgehead atoms. The predicted molar refractivity (Wildman–Crippen MR) is 548 cm³/mol. The van der Waals surface area contributed by atoms with Gasteiger partial charge in [-0.05, 0) is 241 Å². The summed E-state index contributed by atoms with van der Waals surface area (Å²) >= 11 is 28.0. The SMILES string of the molecule is CC(C)(C)c1cc2c(OCC(=O)NCCCCCCNC(=S)Nc3ccccc3)c(c1)Sc1cc(C(C)(C)C)cc(c1OCC(=O)NCCCCCCNC(=S)Nc1ccccc1)Sc1cc(C(C)(C)C)cc(c1OCC(=O)NCCCCCCNC(=S)Nc1ccccc1)Sc1cc(C(C)(C)C)cc(c1OCC(=O)NCCCCCCNC(=S)Nc1ccccc1)S2.